The van der Waals surface area contributed by atoms with Crippen molar-refractivity contribution in [1.29, 1.82) is 0 Å². The molecule has 0 saturated carbocycles. The molecule has 134 valence electrons. The summed E-state index contributed by atoms with van der Waals surface area (Å²) in [6, 6.07) is 15.9. The number of nitrogens with zero attached hydrogens (tertiary/aromatic N) is 1. The van der Waals surface area contributed by atoms with E-state index in [1.54, 1.807) is 24.3 Å². The molecule has 1 unspecified atom stereocenters. The van der Waals surface area contributed by atoms with Gasteiger partial charge in [-0.3, -0.25) is 19.2 Å². The zero-order valence-corrected chi connectivity index (χ0v) is 14.5. The quantitative estimate of drug-likeness (QED) is 0.640. The number of nitrogens with one attached hydrogen (secondary N) is 1. The molecule has 0 aliphatic carbocycles. The Morgan fingerprint density at radius 3 is 2.50 bits per heavy atom. The summed E-state index contributed by atoms with van der Waals surface area (Å²) in [6.45, 7) is 2.45. The largest absolute Gasteiger partial charge is 0.355 e. The number of fused-ring (bicyclic) bond motifs is 1. The van der Waals surface area contributed by atoms with E-state index in [4.69, 9.17) is 4.84 Å². The van der Waals surface area contributed by atoms with Crippen molar-refractivity contribution in [3.63, 3.8) is 0 Å². The second-order valence-electron chi connectivity index (χ2n) is 6.01. The highest BCUT2D eigenvalue weighted by atomic mass is 16.7. The van der Waals surface area contributed by atoms with Crippen LogP contribution in [-0.4, -0.2) is 29.3 Å². The number of rotatable bonds is 6. The molecule has 1 N–H and O–H groups in total. The van der Waals surface area contributed by atoms with Crippen LogP contribution in [0.4, 0.5) is 0 Å². The Balaban J connectivity index is 1.88. The zero-order chi connectivity index (χ0) is 18.5. The summed E-state index contributed by atoms with van der Waals surface area (Å²) in [4.78, 5) is 43.5. The lowest BCUT2D eigenvalue weighted by atomic mass is 9.88. The first-order valence-corrected chi connectivity index (χ1v) is 8.55. The Hall–Kier alpha value is -2.99. The Bertz CT molecular complexity index is 820. The minimum absolute atomic E-state index is 0.0593. The number of hydrogen-bond acceptors (Lipinski definition) is 4. The molecule has 2 aromatic carbocycles. The monoisotopic (exact) mass is 352 g/mol. The predicted molar refractivity (Wildman–Crippen MR) is 94.9 cm³/mol. The van der Waals surface area contributed by atoms with Crippen LogP contribution in [0.25, 0.3) is 0 Å². The molecule has 0 radical (unpaired) electrons. The summed E-state index contributed by atoms with van der Waals surface area (Å²) in [6.07, 6.45) is 0.751. The number of amides is 3. The molecule has 26 heavy (non-hydrogen) atoms. The molecule has 2 aromatic rings. The summed E-state index contributed by atoms with van der Waals surface area (Å²) in [5.41, 5.74) is 1.53. The van der Waals surface area contributed by atoms with Crippen molar-refractivity contribution < 1.29 is 19.2 Å². The van der Waals surface area contributed by atoms with Gasteiger partial charge in [-0.1, -0.05) is 55.5 Å². The second kappa shape index (κ2) is 7.93. The van der Waals surface area contributed by atoms with E-state index in [1.165, 1.54) is 0 Å². The molecule has 1 aliphatic rings. The van der Waals surface area contributed by atoms with E-state index in [9.17, 15) is 14.4 Å². The molecule has 0 saturated heterocycles. The van der Waals surface area contributed by atoms with E-state index in [0.29, 0.717) is 22.7 Å². The molecule has 0 aromatic heterocycles. The maximum Gasteiger partial charge on any atom is 0.285 e. The molecule has 6 nitrogen and oxygen atoms in total. The first-order valence-electron chi connectivity index (χ1n) is 8.55. The lowest BCUT2D eigenvalue weighted by molar-refractivity contribution is -0.177. The van der Waals surface area contributed by atoms with Crippen LogP contribution in [0.1, 0.15) is 40.7 Å². The van der Waals surface area contributed by atoms with Gasteiger partial charge in [-0.15, -0.1) is 5.06 Å². The topological polar surface area (TPSA) is 75.7 Å². The van der Waals surface area contributed by atoms with Crippen molar-refractivity contribution in [3.8, 4) is 0 Å². The fourth-order valence-corrected chi connectivity index (χ4v) is 2.84. The Labute approximate surface area is 151 Å². The fourth-order valence-electron chi connectivity index (χ4n) is 2.84. The number of benzene rings is 2. The van der Waals surface area contributed by atoms with Crippen LogP contribution in [-0.2, 0) is 21.0 Å². The number of hydrogen-bond donors (Lipinski definition) is 1. The van der Waals surface area contributed by atoms with Crippen LogP contribution >= 0.6 is 0 Å². The second-order valence-corrected chi connectivity index (χ2v) is 6.01. The van der Waals surface area contributed by atoms with Gasteiger partial charge >= 0.3 is 0 Å². The highest BCUT2D eigenvalue weighted by Crippen LogP contribution is 2.30. The summed E-state index contributed by atoms with van der Waals surface area (Å²) in [7, 11) is 0. The molecule has 1 heterocycles. The molecule has 0 bridgehead atoms. The molecule has 1 aliphatic heterocycles. The van der Waals surface area contributed by atoms with Gasteiger partial charge in [0.1, 0.15) is 12.5 Å². The van der Waals surface area contributed by atoms with Gasteiger partial charge in [0, 0.05) is 12.1 Å². The predicted octanol–water partition coefficient (Wildman–Crippen LogP) is 2.41. The first kappa shape index (κ1) is 17.8. The standard InChI is InChI=1S/C20H20N2O4/c1-2-12-21-18(23)17-15-10-6-7-11-16(15)19(24)22(20(17)25)26-13-14-8-4-3-5-9-14/h3-11,17H,2,12-13H2,1H3,(H,21,23). The smallest absolute Gasteiger partial charge is 0.285 e. The van der Waals surface area contributed by atoms with Crippen molar-refractivity contribution in [2.75, 3.05) is 6.54 Å². The average Bonchev–Trinajstić information content (AvgIpc) is 2.67. The third-order valence-corrected chi connectivity index (χ3v) is 4.15. The van der Waals surface area contributed by atoms with Crippen molar-refractivity contribution in [2.24, 2.45) is 0 Å². The lowest BCUT2D eigenvalue weighted by Gasteiger charge is -2.30. The average molecular weight is 352 g/mol. The molecule has 1 atom stereocenters. The summed E-state index contributed by atoms with van der Waals surface area (Å²) < 4.78 is 0. The third-order valence-electron chi connectivity index (χ3n) is 4.15. The highest BCUT2D eigenvalue weighted by Gasteiger charge is 2.43. The summed E-state index contributed by atoms with van der Waals surface area (Å²) in [5, 5.41) is 3.44. The minimum Gasteiger partial charge on any atom is -0.355 e. The molecular weight excluding hydrogens is 332 g/mol. The lowest BCUT2D eigenvalue weighted by Crippen LogP contribution is -2.49. The number of imide groups is 1. The van der Waals surface area contributed by atoms with Gasteiger partial charge < -0.3 is 5.32 Å². The Morgan fingerprint density at radius 1 is 1.08 bits per heavy atom. The minimum atomic E-state index is -1.09. The van der Waals surface area contributed by atoms with Crippen LogP contribution in [0.3, 0.4) is 0 Å². The normalized spacial score (nSPS) is 16.3. The Morgan fingerprint density at radius 2 is 1.77 bits per heavy atom. The van der Waals surface area contributed by atoms with Crippen LogP contribution in [0.5, 0.6) is 0 Å². The number of hydroxylamine groups is 2. The van der Waals surface area contributed by atoms with Gasteiger partial charge in [0.15, 0.2) is 0 Å². The molecule has 0 fully saturated rings. The van der Waals surface area contributed by atoms with Gasteiger partial charge in [-0.05, 0) is 23.6 Å². The molecule has 6 heteroatoms. The zero-order valence-electron chi connectivity index (χ0n) is 14.5. The SMILES string of the molecule is CCCNC(=O)C1C(=O)N(OCc2ccccc2)C(=O)c2ccccc21. The van der Waals surface area contributed by atoms with Gasteiger partial charge in [-0.25, -0.2) is 0 Å². The van der Waals surface area contributed by atoms with Crippen LogP contribution in [0.15, 0.2) is 54.6 Å². The highest BCUT2D eigenvalue weighted by molar-refractivity contribution is 6.18. The summed E-state index contributed by atoms with van der Waals surface area (Å²) in [5.74, 6) is -2.74. The van der Waals surface area contributed by atoms with E-state index in [1.807, 2.05) is 37.3 Å². The number of carbonyl (C=O) groups excluding carboxylic acids is 3. The van der Waals surface area contributed by atoms with Crippen LogP contribution < -0.4 is 5.32 Å². The van der Waals surface area contributed by atoms with E-state index in [0.717, 1.165) is 12.0 Å². The molecule has 3 rings (SSSR count). The van der Waals surface area contributed by atoms with Crippen molar-refractivity contribution in [3.05, 3.63) is 71.3 Å². The summed E-state index contributed by atoms with van der Waals surface area (Å²) >= 11 is 0. The van der Waals surface area contributed by atoms with Crippen molar-refractivity contribution in [1.82, 2.24) is 10.4 Å². The van der Waals surface area contributed by atoms with E-state index >= 15 is 0 Å². The van der Waals surface area contributed by atoms with E-state index in [2.05, 4.69) is 5.32 Å². The van der Waals surface area contributed by atoms with Crippen molar-refractivity contribution in [2.45, 2.75) is 25.9 Å². The molecule has 3 amide bonds. The fraction of sp³-hybridized carbons (Fsp3) is 0.250. The molecule has 0 spiro atoms. The van der Waals surface area contributed by atoms with Crippen LogP contribution in [0.2, 0.25) is 0 Å². The Kier molecular flexibility index (Phi) is 5.43. The van der Waals surface area contributed by atoms with E-state index < -0.39 is 23.6 Å². The maximum absolute atomic E-state index is 12.8. The van der Waals surface area contributed by atoms with Gasteiger partial charge in [0.05, 0.1) is 0 Å². The third kappa shape index (κ3) is 3.50. The maximum atomic E-state index is 12.8. The first-order chi connectivity index (χ1) is 12.6. The van der Waals surface area contributed by atoms with Gasteiger partial charge in [0.2, 0.25) is 5.91 Å². The van der Waals surface area contributed by atoms with Gasteiger partial charge in [-0.2, -0.15) is 0 Å². The van der Waals surface area contributed by atoms with Crippen LogP contribution in [0, 0.1) is 0 Å². The molecular formula is C20H20N2O4. The van der Waals surface area contributed by atoms with Crippen molar-refractivity contribution >= 4 is 17.7 Å². The number of carbonyl (C=O) groups is 3. The van der Waals surface area contributed by atoms with E-state index in [-0.39, 0.29) is 6.61 Å². The van der Waals surface area contributed by atoms with Gasteiger partial charge in [0.25, 0.3) is 11.8 Å².